The van der Waals surface area contributed by atoms with Gasteiger partial charge in [0.2, 0.25) is 0 Å². The molecular formula is C28H36N4S. The van der Waals surface area contributed by atoms with E-state index in [2.05, 4.69) is 101 Å². The van der Waals surface area contributed by atoms with Crippen LogP contribution in [0.3, 0.4) is 0 Å². The van der Waals surface area contributed by atoms with Gasteiger partial charge < -0.3 is 20.9 Å². The van der Waals surface area contributed by atoms with Crippen molar-refractivity contribution >= 4 is 23.0 Å². The van der Waals surface area contributed by atoms with Gasteiger partial charge in [0, 0.05) is 29.5 Å². The van der Waals surface area contributed by atoms with Crippen molar-refractivity contribution in [1.29, 1.82) is 0 Å². The van der Waals surface area contributed by atoms with Gasteiger partial charge in [0.1, 0.15) is 0 Å². The molecule has 1 fully saturated rings. The van der Waals surface area contributed by atoms with Crippen molar-refractivity contribution in [2.45, 2.75) is 44.9 Å². The first-order valence-electron chi connectivity index (χ1n) is 12.1. The summed E-state index contributed by atoms with van der Waals surface area (Å²) in [7, 11) is 0. The highest BCUT2D eigenvalue weighted by molar-refractivity contribution is 7.80. The Hall–Kier alpha value is -2.63. The number of anilines is 1. The summed E-state index contributed by atoms with van der Waals surface area (Å²) < 4.78 is 0. The van der Waals surface area contributed by atoms with Gasteiger partial charge in [0.05, 0.1) is 0 Å². The van der Waals surface area contributed by atoms with Gasteiger partial charge in [-0.25, -0.2) is 0 Å². The van der Waals surface area contributed by atoms with E-state index >= 15 is 0 Å². The molecule has 0 unspecified atom stereocenters. The second-order valence-electron chi connectivity index (χ2n) is 9.24. The second-order valence-corrected chi connectivity index (χ2v) is 9.64. The molecule has 4 rings (SSSR count). The van der Waals surface area contributed by atoms with Gasteiger partial charge in [-0.2, -0.15) is 0 Å². The smallest absolute Gasteiger partial charge is 0.170 e. The Balaban J connectivity index is 1.17. The quantitative estimate of drug-likeness (QED) is 0.363. The molecule has 0 saturated carbocycles. The van der Waals surface area contributed by atoms with E-state index < -0.39 is 0 Å². The summed E-state index contributed by atoms with van der Waals surface area (Å²) in [5, 5.41) is 10.8. The summed E-state index contributed by atoms with van der Waals surface area (Å²) in [6, 6.07) is 19.5. The van der Waals surface area contributed by atoms with Crippen LogP contribution in [0, 0.1) is 0 Å². The lowest BCUT2D eigenvalue weighted by Crippen LogP contribution is -2.36. The van der Waals surface area contributed by atoms with Crippen molar-refractivity contribution in [1.82, 2.24) is 15.5 Å². The lowest BCUT2D eigenvalue weighted by Gasteiger charge is -2.32. The molecule has 0 spiro atoms. The first-order chi connectivity index (χ1) is 16.1. The number of thiocarbonyl (C=S) groups is 1. The third-order valence-electron chi connectivity index (χ3n) is 6.58. The van der Waals surface area contributed by atoms with Crippen molar-refractivity contribution < 1.29 is 0 Å². The number of piperidine rings is 1. The molecule has 33 heavy (non-hydrogen) atoms. The van der Waals surface area contributed by atoms with Gasteiger partial charge in [-0.15, -0.1) is 0 Å². The molecule has 3 N–H and O–H groups in total. The van der Waals surface area contributed by atoms with Gasteiger partial charge >= 0.3 is 0 Å². The molecular weight excluding hydrogens is 424 g/mol. The van der Waals surface area contributed by atoms with E-state index in [9.17, 15) is 0 Å². The number of nitrogens with one attached hydrogen (secondary N) is 3. The average Bonchev–Trinajstić information content (AvgIpc) is 2.82. The molecule has 2 aromatic carbocycles. The Morgan fingerprint density at radius 2 is 1.67 bits per heavy atom. The van der Waals surface area contributed by atoms with Crippen molar-refractivity contribution in [3.63, 3.8) is 0 Å². The third kappa shape index (κ3) is 6.92. The fraction of sp³-hybridized carbons (Fsp3) is 0.393. The first-order valence-corrected chi connectivity index (χ1v) is 12.5. The maximum absolute atomic E-state index is 5.54. The molecule has 5 heteroatoms. The molecule has 2 aromatic rings. The second kappa shape index (κ2) is 11.5. The Labute approximate surface area is 204 Å². The normalized spacial score (nSPS) is 17.6. The van der Waals surface area contributed by atoms with Crippen LogP contribution in [0.1, 0.15) is 56.1 Å². The third-order valence-corrected chi connectivity index (χ3v) is 6.82. The van der Waals surface area contributed by atoms with Crippen LogP contribution in [-0.4, -0.2) is 36.2 Å². The Kier molecular flexibility index (Phi) is 8.19. The predicted molar refractivity (Wildman–Crippen MR) is 144 cm³/mol. The van der Waals surface area contributed by atoms with Crippen LogP contribution in [0.15, 0.2) is 78.1 Å². The molecule has 1 saturated heterocycles. The molecule has 2 heterocycles. The number of dihydropyridines is 1. The molecule has 0 aromatic heterocycles. The van der Waals surface area contributed by atoms with E-state index in [-0.39, 0.29) is 0 Å². The van der Waals surface area contributed by atoms with Gasteiger partial charge in [0.25, 0.3) is 0 Å². The highest BCUT2D eigenvalue weighted by Crippen LogP contribution is 2.28. The minimum absolute atomic E-state index is 0.292. The minimum atomic E-state index is 0.292. The number of benzene rings is 2. The maximum Gasteiger partial charge on any atom is 0.170 e. The van der Waals surface area contributed by atoms with Crippen LogP contribution < -0.4 is 16.0 Å². The topological polar surface area (TPSA) is 39.3 Å². The van der Waals surface area contributed by atoms with Crippen LogP contribution >= 0.6 is 12.2 Å². The van der Waals surface area contributed by atoms with E-state index in [1.54, 1.807) is 0 Å². The summed E-state index contributed by atoms with van der Waals surface area (Å²) in [5.74, 6) is 1.01. The van der Waals surface area contributed by atoms with Crippen LogP contribution in [0.4, 0.5) is 5.69 Å². The van der Waals surface area contributed by atoms with E-state index in [4.69, 9.17) is 12.2 Å². The zero-order valence-electron chi connectivity index (χ0n) is 19.8. The zero-order chi connectivity index (χ0) is 23.0. The van der Waals surface area contributed by atoms with E-state index in [0.717, 1.165) is 31.1 Å². The predicted octanol–water partition coefficient (Wildman–Crippen LogP) is 5.74. The SMILES string of the molecule is CC1=CC(c2cccc(NC(=S)NCCCN3CCC(c4ccccc4)CC3)c2)C=C(C)N1. The molecule has 174 valence electrons. The highest BCUT2D eigenvalue weighted by Gasteiger charge is 2.20. The first kappa shape index (κ1) is 23.5. The number of hydrogen-bond donors (Lipinski definition) is 3. The molecule has 0 bridgehead atoms. The number of allylic oxidation sites excluding steroid dienone is 4. The van der Waals surface area contributed by atoms with Gasteiger partial charge in [-0.1, -0.05) is 54.6 Å². The summed E-state index contributed by atoms with van der Waals surface area (Å²) in [5.41, 5.74) is 6.18. The number of rotatable bonds is 7. The van der Waals surface area contributed by atoms with Crippen molar-refractivity contribution in [2.75, 3.05) is 31.5 Å². The van der Waals surface area contributed by atoms with Gasteiger partial charge in [-0.3, -0.25) is 0 Å². The van der Waals surface area contributed by atoms with Crippen molar-refractivity contribution in [2.24, 2.45) is 0 Å². The van der Waals surface area contributed by atoms with Gasteiger partial charge in [-0.05, 0) is 94.1 Å². The average molecular weight is 461 g/mol. The van der Waals surface area contributed by atoms with E-state index in [0.29, 0.717) is 11.0 Å². The Morgan fingerprint density at radius 1 is 0.970 bits per heavy atom. The number of hydrogen-bond acceptors (Lipinski definition) is 3. The fourth-order valence-electron chi connectivity index (χ4n) is 4.89. The molecule has 0 atom stereocenters. The number of nitrogens with zero attached hydrogens (tertiary/aromatic N) is 1. The minimum Gasteiger partial charge on any atom is -0.363 e. The molecule has 2 aliphatic rings. The summed E-state index contributed by atoms with van der Waals surface area (Å²) in [6.45, 7) is 8.61. The lowest BCUT2D eigenvalue weighted by atomic mass is 9.89. The Morgan fingerprint density at radius 3 is 2.39 bits per heavy atom. The van der Waals surface area contributed by atoms with Crippen LogP contribution in [0.2, 0.25) is 0 Å². The van der Waals surface area contributed by atoms with Gasteiger partial charge in [0.15, 0.2) is 5.11 Å². The fourth-order valence-corrected chi connectivity index (χ4v) is 5.11. The van der Waals surface area contributed by atoms with E-state index in [1.807, 2.05) is 0 Å². The lowest BCUT2D eigenvalue weighted by molar-refractivity contribution is 0.210. The van der Waals surface area contributed by atoms with Crippen LogP contribution in [0.25, 0.3) is 0 Å². The van der Waals surface area contributed by atoms with Crippen LogP contribution in [-0.2, 0) is 0 Å². The maximum atomic E-state index is 5.54. The summed E-state index contributed by atoms with van der Waals surface area (Å²) in [6.07, 6.45) is 8.13. The van der Waals surface area contributed by atoms with Crippen LogP contribution in [0.5, 0.6) is 0 Å². The van der Waals surface area contributed by atoms with Crippen molar-refractivity contribution in [3.05, 3.63) is 89.3 Å². The summed E-state index contributed by atoms with van der Waals surface area (Å²) in [4.78, 5) is 2.59. The van der Waals surface area contributed by atoms with E-state index in [1.165, 1.54) is 48.5 Å². The molecule has 0 amide bonds. The standard InChI is InChI=1S/C28H36N4S/c1-21-18-26(19-22(2)30-21)25-10-6-11-27(20-25)31-28(33)29-14-7-15-32-16-12-24(13-17-32)23-8-4-3-5-9-23/h3-6,8-11,18-20,24,26,30H,7,12-17H2,1-2H3,(H2,29,31,33). The summed E-state index contributed by atoms with van der Waals surface area (Å²) >= 11 is 5.54. The molecule has 0 radical (unpaired) electrons. The molecule has 0 aliphatic carbocycles. The monoisotopic (exact) mass is 460 g/mol. The Bertz CT molecular complexity index is 972. The zero-order valence-corrected chi connectivity index (χ0v) is 20.6. The number of likely N-dealkylation sites (tertiary alicyclic amines) is 1. The largest absolute Gasteiger partial charge is 0.363 e. The molecule has 2 aliphatic heterocycles. The highest BCUT2D eigenvalue weighted by atomic mass is 32.1. The van der Waals surface area contributed by atoms with Crippen molar-refractivity contribution in [3.8, 4) is 0 Å². The molecule has 4 nitrogen and oxygen atoms in total.